The van der Waals surface area contributed by atoms with Crippen LogP contribution < -0.4 is 5.32 Å². The Morgan fingerprint density at radius 1 is 1.38 bits per heavy atom. The number of nitrogens with one attached hydrogen (secondary N) is 1. The van der Waals surface area contributed by atoms with Crippen molar-refractivity contribution in [2.24, 2.45) is 5.92 Å². The van der Waals surface area contributed by atoms with Crippen molar-refractivity contribution in [2.75, 3.05) is 24.2 Å². The smallest absolute Gasteiger partial charge is 0.230 e. The molecule has 1 N–H and O–H groups in total. The van der Waals surface area contributed by atoms with Crippen LogP contribution in [-0.2, 0) is 20.6 Å². The molecular formula is C18H21ClN4O3S3. The van der Waals surface area contributed by atoms with Gasteiger partial charge in [-0.15, -0.1) is 16.8 Å². The van der Waals surface area contributed by atoms with Crippen LogP contribution in [0, 0.1) is 5.92 Å². The number of halogens is 1. The molecule has 1 aromatic carbocycles. The maximum Gasteiger partial charge on any atom is 0.230 e. The van der Waals surface area contributed by atoms with Gasteiger partial charge in [0, 0.05) is 23.9 Å². The third kappa shape index (κ3) is 6.26. The lowest BCUT2D eigenvalue weighted by Crippen LogP contribution is -2.44. The number of thioether (sulfide) groups is 1. The average Bonchev–Trinajstić information content (AvgIpc) is 3.15. The van der Waals surface area contributed by atoms with Crippen LogP contribution in [0.1, 0.15) is 18.4 Å². The highest BCUT2D eigenvalue weighted by molar-refractivity contribution is 8.01. The van der Waals surface area contributed by atoms with Gasteiger partial charge in [-0.25, -0.2) is 12.7 Å². The van der Waals surface area contributed by atoms with E-state index in [9.17, 15) is 13.2 Å². The molecule has 1 fully saturated rings. The van der Waals surface area contributed by atoms with E-state index in [1.54, 1.807) is 30.3 Å². The number of hydrogen-bond acceptors (Lipinski definition) is 7. The standard InChI is InChI=1S/C18H21ClN4O3S3/c1-2-10-27-18-22-21-17(28-18)20-16(24)14-4-3-9-23(11-14)29(25,26)12-13-5-7-15(19)8-6-13/h2,5-8,14H,1,3-4,9-12H2,(H,20,21,24)/t14-/m1/s1. The fraction of sp³-hybridized carbons (Fsp3) is 0.389. The zero-order chi connectivity index (χ0) is 20.9. The van der Waals surface area contributed by atoms with Gasteiger partial charge in [-0.1, -0.05) is 52.9 Å². The molecule has 1 aliphatic heterocycles. The first-order valence-electron chi connectivity index (χ1n) is 8.97. The number of piperidine rings is 1. The van der Waals surface area contributed by atoms with Gasteiger partial charge in [-0.3, -0.25) is 4.79 Å². The first-order chi connectivity index (χ1) is 13.9. The summed E-state index contributed by atoms with van der Waals surface area (Å²) in [4.78, 5) is 12.6. The first kappa shape index (κ1) is 22.2. The van der Waals surface area contributed by atoms with E-state index in [2.05, 4.69) is 22.1 Å². The number of amides is 1. The second kappa shape index (κ2) is 10.0. The Labute approximate surface area is 183 Å². The van der Waals surface area contributed by atoms with Crippen molar-refractivity contribution in [2.45, 2.75) is 22.9 Å². The van der Waals surface area contributed by atoms with Gasteiger partial charge < -0.3 is 5.32 Å². The van der Waals surface area contributed by atoms with Crippen LogP contribution in [-0.4, -0.2) is 47.7 Å². The fourth-order valence-corrected chi connectivity index (χ4v) is 6.20. The predicted octanol–water partition coefficient (Wildman–Crippen LogP) is 3.65. The molecule has 3 rings (SSSR count). The minimum absolute atomic E-state index is 0.112. The maximum absolute atomic E-state index is 12.8. The van der Waals surface area contributed by atoms with E-state index in [0.29, 0.717) is 40.9 Å². The van der Waals surface area contributed by atoms with Crippen molar-refractivity contribution in [3.05, 3.63) is 47.5 Å². The second-order valence-electron chi connectivity index (χ2n) is 6.54. The summed E-state index contributed by atoms with van der Waals surface area (Å²) in [6, 6.07) is 6.74. The lowest BCUT2D eigenvalue weighted by atomic mass is 9.99. The molecule has 1 aromatic heterocycles. The summed E-state index contributed by atoms with van der Waals surface area (Å²) in [6.07, 6.45) is 3.04. The van der Waals surface area contributed by atoms with E-state index < -0.39 is 15.9 Å². The van der Waals surface area contributed by atoms with Crippen molar-refractivity contribution >= 4 is 55.8 Å². The van der Waals surface area contributed by atoms with Gasteiger partial charge in [0.1, 0.15) is 0 Å². The SMILES string of the molecule is C=CCSc1nnc(NC(=O)[C@@H]2CCCN(S(=O)(=O)Cc3ccc(Cl)cc3)C2)s1. The van der Waals surface area contributed by atoms with E-state index in [-0.39, 0.29) is 18.2 Å². The summed E-state index contributed by atoms with van der Waals surface area (Å²) in [5, 5.41) is 11.7. The van der Waals surface area contributed by atoms with Crippen LogP contribution in [0.25, 0.3) is 0 Å². The molecule has 1 amide bonds. The van der Waals surface area contributed by atoms with E-state index >= 15 is 0 Å². The molecule has 0 saturated carbocycles. The van der Waals surface area contributed by atoms with Gasteiger partial charge in [0.15, 0.2) is 4.34 Å². The zero-order valence-electron chi connectivity index (χ0n) is 15.6. The van der Waals surface area contributed by atoms with Crippen molar-refractivity contribution in [1.82, 2.24) is 14.5 Å². The molecule has 156 valence electrons. The molecule has 29 heavy (non-hydrogen) atoms. The van der Waals surface area contributed by atoms with Gasteiger partial charge in [-0.2, -0.15) is 0 Å². The molecule has 0 bridgehead atoms. The van der Waals surface area contributed by atoms with Gasteiger partial charge >= 0.3 is 0 Å². The van der Waals surface area contributed by atoms with Gasteiger partial charge in [0.2, 0.25) is 21.1 Å². The minimum atomic E-state index is -3.52. The van der Waals surface area contributed by atoms with Crippen LogP contribution in [0.5, 0.6) is 0 Å². The van der Waals surface area contributed by atoms with Gasteiger partial charge in [-0.05, 0) is 30.5 Å². The zero-order valence-corrected chi connectivity index (χ0v) is 18.8. The van der Waals surface area contributed by atoms with E-state index in [4.69, 9.17) is 11.6 Å². The Hall–Kier alpha value is -1.46. The first-order valence-corrected chi connectivity index (χ1v) is 12.8. The Kier molecular flexibility index (Phi) is 7.69. The number of hydrogen-bond donors (Lipinski definition) is 1. The molecule has 2 aromatic rings. The molecule has 1 atom stereocenters. The number of nitrogens with zero attached hydrogens (tertiary/aromatic N) is 3. The summed E-state index contributed by atoms with van der Waals surface area (Å²) < 4.78 is 27.8. The largest absolute Gasteiger partial charge is 0.300 e. The Bertz CT molecular complexity index is 963. The molecule has 1 aliphatic rings. The number of rotatable bonds is 8. The molecule has 2 heterocycles. The minimum Gasteiger partial charge on any atom is -0.300 e. The number of aromatic nitrogens is 2. The molecule has 0 radical (unpaired) electrons. The lowest BCUT2D eigenvalue weighted by molar-refractivity contribution is -0.120. The highest BCUT2D eigenvalue weighted by atomic mass is 35.5. The summed E-state index contributed by atoms with van der Waals surface area (Å²) in [5.41, 5.74) is 0.666. The molecule has 0 unspecified atom stereocenters. The van der Waals surface area contributed by atoms with Crippen LogP contribution in [0.15, 0.2) is 41.3 Å². The number of carbonyl (C=O) groups excluding carboxylic acids is 1. The third-order valence-electron chi connectivity index (χ3n) is 4.37. The molecule has 0 spiro atoms. The van der Waals surface area contributed by atoms with Crippen LogP contribution in [0.4, 0.5) is 5.13 Å². The van der Waals surface area contributed by atoms with Crippen molar-refractivity contribution < 1.29 is 13.2 Å². The highest BCUT2D eigenvalue weighted by Gasteiger charge is 2.32. The number of benzene rings is 1. The number of anilines is 1. The normalized spacial score (nSPS) is 17.8. The molecule has 0 aliphatic carbocycles. The van der Waals surface area contributed by atoms with Gasteiger partial charge in [0.05, 0.1) is 11.7 Å². The lowest BCUT2D eigenvalue weighted by Gasteiger charge is -2.31. The van der Waals surface area contributed by atoms with E-state index in [1.165, 1.54) is 27.4 Å². The third-order valence-corrected chi connectivity index (χ3v) is 8.41. The van der Waals surface area contributed by atoms with Gasteiger partial charge in [0.25, 0.3) is 0 Å². The summed E-state index contributed by atoms with van der Waals surface area (Å²) in [6.45, 7) is 4.24. The molecule has 1 saturated heterocycles. The van der Waals surface area contributed by atoms with Crippen LogP contribution in [0.2, 0.25) is 5.02 Å². The van der Waals surface area contributed by atoms with Crippen molar-refractivity contribution in [3.63, 3.8) is 0 Å². The monoisotopic (exact) mass is 472 g/mol. The maximum atomic E-state index is 12.8. The molecule has 11 heteroatoms. The quantitative estimate of drug-likeness (QED) is 0.358. The predicted molar refractivity (Wildman–Crippen MR) is 118 cm³/mol. The topological polar surface area (TPSA) is 92.3 Å². The number of sulfonamides is 1. The Balaban J connectivity index is 1.60. The summed E-state index contributed by atoms with van der Waals surface area (Å²) in [5.74, 6) is -0.0468. The average molecular weight is 473 g/mol. The molecule has 7 nitrogen and oxygen atoms in total. The van der Waals surface area contributed by atoms with Crippen LogP contribution in [0.3, 0.4) is 0 Å². The number of carbonyl (C=O) groups is 1. The Morgan fingerprint density at radius 2 is 2.14 bits per heavy atom. The second-order valence-corrected chi connectivity index (χ2v) is 11.2. The fourth-order valence-electron chi connectivity index (χ4n) is 2.95. The van der Waals surface area contributed by atoms with E-state index in [0.717, 1.165) is 4.34 Å². The van der Waals surface area contributed by atoms with Crippen LogP contribution >= 0.6 is 34.7 Å². The summed E-state index contributed by atoms with van der Waals surface area (Å²) >= 11 is 8.64. The van der Waals surface area contributed by atoms with Crippen molar-refractivity contribution in [3.8, 4) is 0 Å². The summed E-state index contributed by atoms with van der Waals surface area (Å²) in [7, 11) is -3.52. The highest BCUT2D eigenvalue weighted by Crippen LogP contribution is 2.27. The Morgan fingerprint density at radius 3 is 2.86 bits per heavy atom. The van der Waals surface area contributed by atoms with E-state index in [1.807, 2.05) is 0 Å². The van der Waals surface area contributed by atoms with Crippen molar-refractivity contribution in [1.29, 1.82) is 0 Å². The molecular weight excluding hydrogens is 452 g/mol.